The van der Waals surface area contributed by atoms with Crippen LogP contribution in [0.5, 0.6) is 0 Å². The van der Waals surface area contributed by atoms with E-state index in [2.05, 4.69) is 5.32 Å². The largest absolute Gasteiger partial charge is 0.352 e. The summed E-state index contributed by atoms with van der Waals surface area (Å²) in [5, 5.41) is 3.89. The lowest BCUT2D eigenvalue weighted by atomic mass is 9.94. The van der Waals surface area contributed by atoms with Crippen molar-refractivity contribution in [3.05, 3.63) is 99.5 Å². The highest BCUT2D eigenvalue weighted by Crippen LogP contribution is 2.29. The van der Waals surface area contributed by atoms with Crippen molar-refractivity contribution < 1.29 is 18.0 Å². The first-order chi connectivity index (χ1) is 20.0. The zero-order valence-electron chi connectivity index (χ0n) is 23.9. The number of aryl methyl sites for hydroxylation is 1. The molecule has 1 atom stereocenters. The lowest BCUT2D eigenvalue weighted by Crippen LogP contribution is -2.55. The van der Waals surface area contributed by atoms with Crippen LogP contribution in [0.3, 0.4) is 0 Å². The van der Waals surface area contributed by atoms with E-state index in [0.29, 0.717) is 26.9 Å². The Kier molecular flexibility index (Phi) is 10.9. The van der Waals surface area contributed by atoms with Gasteiger partial charge in [0.05, 0.1) is 11.9 Å². The average Bonchev–Trinajstić information content (AvgIpc) is 2.96. The monoisotopic (exact) mass is 629 g/mol. The van der Waals surface area contributed by atoms with Crippen LogP contribution in [0.2, 0.25) is 10.0 Å². The van der Waals surface area contributed by atoms with Gasteiger partial charge in [-0.15, -0.1) is 0 Å². The SMILES string of the molecule is Cc1ccccc1N(CC(=O)N(Cc1c(Cl)cccc1Cl)[C@@H](Cc1ccccc1)C(=O)NC1CCCCC1)S(C)(=O)=O. The third-order valence-corrected chi connectivity index (χ3v) is 9.51. The Hall–Kier alpha value is -3.07. The van der Waals surface area contributed by atoms with Crippen LogP contribution in [0.4, 0.5) is 5.69 Å². The number of rotatable bonds is 11. The fourth-order valence-electron chi connectivity index (χ4n) is 5.39. The van der Waals surface area contributed by atoms with Crippen LogP contribution in [0.15, 0.2) is 72.8 Å². The second-order valence-corrected chi connectivity index (χ2v) is 13.5. The molecule has 1 saturated carbocycles. The van der Waals surface area contributed by atoms with Crippen LogP contribution in [-0.2, 0) is 32.6 Å². The number of amides is 2. The number of hydrogen-bond donors (Lipinski definition) is 1. The first-order valence-electron chi connectivity index (χ1n) is 14.1. The Morgan fingerprint density at radius 2 is 1.52 bits per heavy atom. The number of halogens is 2. The smallest absolute Gasteiger partial charge is 0.244 e. The Morgan fingerprint density at radius 1 is 0.905 bits per heavy atom. The number of benzene rings is 3. The predicted molar refractivity (Wildman–Crippen MR) is 169 cm³/mol. The maximum atomic E-state index is 14.3. The molecule has 1 fully saturated rings. The van der Waals surface area contributed by atoms with Crippen molar-refractivity contribution in [2.45, 2.75) is 64.1 Å². The summed E-state index contributed by atoms with van der Waals surface area (Å²) in [6.07, 6.45) is 6.26. The van der Waals surface area contributed by atoms with E-state index < -0.39 is 28.5 Å². The van der Waals surface area contributed by atoms with Gasteiger partial charge in [0.1, 0.15) is 12.6 Å². The van der Waals surface area contributed by atoms with E-state index in [4.69, 9.17) is 23.2 Å². The zero-order chi connectivity index (χ0) is 30.3. The van der Waals surface area contributed by atoms with Gasteiger partial charge < -0.3 is 10.2 Å². The summed E-state index contributed by atoms with van der Waals surface area (Å²) in [6, 6.07) is 20.6. The summed E-state index contributed by atoms with van der Waals surface area (Å²) in [4.78, 5) is 29.7. The van der Waals surface area contributed by atoms with Crippen LogP contribution in [-0.4, -0.2) is 50.0 Å². The number of para-hydroxylation sites is 1. The number of carbonyl (C=O) groups is 2. The Bertz CT molecular complexity index is 1470. The van der Waals surface area contributed by atoms with Gasteiger partial charge in [0.15, 0.2) is 0 Å². The molecule has 0 aliphatic heterocycles. The van der Waals surface area contributed by atoms with Crippen LogP contribution >= 0.6 is 23.2 Å². The maximum absolute atomic E-state index is 14.3. The molecule has 0 aromatic heterocycles. The van der Waals surface area contributed by atoms with Crippen LogP contribution in [0.25, 0.3) is 0 Å². The van der Waals surface area contributed by atoms with Gasteiger partial charge in [0.25, 0.3) is 0 Å². The van der Waals surface area contributed by atoms with Gasteiger partial charge in [-0.1, -0.05) is 97.1 Å². The molecule has 224 valence electrons. The molecular formula is C32H37Cl2N3O4S. The van der Waals surface area contributed by atoms with Crippen LogP contribution in [0, 0.1) is 6.92 Å². The maximum Gasteiger partial charge on any atom is 0.244 e. The van der Waals surface area contributed by atoms with E-state index in [1.54, 1.807) is 49.4 Å². The molecule has 4 rings (SSSR count). The van der Waals surface area contributed by atoms with Crippen LogP contribution in [0.1, 0.15) is 48.8 Å². The molecule has 0 spiro atoms. The highest BCUT2D eigenvalue weighted by molar-refractivity contribution is 7.92. The number of nitrogens with one attached hydrogen (secondary N) is 1. The topological polar surface area (TPSA) is 86.8 Å². The molecule has 42 heavy (non-hydrogen) atoms. The molecule has 1 N–H and O–H groups in total. The summed E-state index contributed by atoms with van der Waals surface area (Å²) in [6.45, 7) is 1.22. The third-order valence-electron chi connectivity index (χ3n) is 7.68. The Balaban J connectivity index is 1.76. The minimum atomic E-state index is -3.85. The molecule has 0 heterocycles. The fourth-order valence-corrected chi connectivity index (χ4v) is 6.81. The number of nitrogens with zero attached hydrogens (tertiary/aromatic N) is 2. The highest BCUT2D eigenvalue weighted by Gasteiger charge is 2.35. The summed E-state index contributed by atoms with van der Waals surface area (Å²) in [5.74, 6) is -0.830. The number of hydrogen-bond acceptors (Lipinski definition) is 4. The molecule has 1 aliphatic carbocycles. The predicted octanol–water partition coefficient (Wildman–Crippen LogP) is 6.16. The number of carbonyl (C=O) groups excluding carboxylic acids is 2. The number of anilines is 1. The van der Waals surface area contributed by atoms with E-state index in [1.165, 1.54) is 4.90 Å². The van der Waals surface area contributed by atoms with E-state index in [-0.39, 0.29) is 24.9 Å². The molecule has 10 heteroatoms. The standard InChI is InChI=1S/C32H37Cl2N3O4S/c1-23-12-9-10-19-29(23)37(42(2,40)41)22-31(38)36(21-26-27(33)17-11-18-28(26)34)30(20-24-13-5-3-6-14-24)32(39)35-25-15-7-4-8-16-25/h3,5-6,9-14,17-19,25,30H,4,7-8,15-16,20-22H2,1-2H3,(H,35,39)/t30-/m0/s1. The van der Waals surface area contributed by atoms with E-state index >= 15 is 0 Å². The lowest BCUT2D eigenvalue weighted by molar-refractivity contribution is -0.140. The summed E-state index contributed by atoms with van der Waals surface area (Å²) >= 11 is 13.1. The third kappa shape index (κ3) is 8.27. The average molecular weight is 631 g/mol. The van der Waals surface area contributed by atoms with Crippen molar-refractivity contribution in [2.75, 3.05) is 17.1 Å². The van der Waals surface area contributed by atoms with Gasteiger partial charge in [-0.25, -0.2) is 8.42 Å². The summed E-state index contributed by atoms with van der Waals surface area (Å²) in [5.41, 5.74) is 2.45. The molecule has 7 nitrogen and oxygen atoms in total. The summed E-state index contributed by atoms with van der Waals surface area (Å²) < 4.78 is 27.1. The van der Waals surface area contributed by atoms with E-state index in [0.717, 1.165) is 48.2 Å². The van der Waals surface area contributed by atoms with Crippen molar-refractivity contribution >= 4 is 50.7 Å². The number of sulfonamides is 1. The summed E-state index contributed by atoms with van der Waals surface area (Å²) in [7, 11) is -3.85. The van der Waals surface area contributed by atoms with Crippen molar-refractivity contribution in [2.24, 2.45) is 0 Å². The van der Waals surface area contributed by atoms with Gasteiger partial charge in [0.2, 0.25) is 21.8 Å². The Labute approximate surface area is 258 Å². The lowest BCUT2D eigenvalue weighted by Gasteiger charge is -2.35. The van der Waals surface area contributed by atoms with Gasteiger partial charge in [0, 0.05) is 34.6 Å². The Morgan fingerprint density at radius 3 is 2.14 bits per heavy atom. The van der Waals surface area contributed by atoms with Gasteiger partial charge in [-0.05, 0) is 49.1 Å². The van der Waals surface area contributed by atoms with E-state index in [1.807, 2.05) is 30.3 Å². The van der Waals surface area contributed by atoms with Crippen LogP contribution < -0.4 is 9.62 Å². The fraction of sp³-hybridized carbons (Fsp3) is 0.375. The van der Waals surface area contributed by atoms with E-state index in [9.17, 15) is 18.0 Å². The molecule has 0 unspecified atom stereocenters. The van der Waals surface area contributed by atoms with Gasteiger partial charge in [-0.3, -0.25) is 13.9 Å². The molecule has 0 bridgehead atoms. The molecule has 3 aromatic carbocycles. The van der Waals surface area contributed by atoms with Crippen molar-refractivity contribution in [3.63, 3.8) is 0 Å². The van der Waals surface area contributed by atoms with Gasteiger partial charge >= 0.3 is 0 Å². The molecule has 0 saturated heterocycles. The normalized spacial score (nSPS) is 14.7. The minimum absolute atomic E-state index is 0.0184. The zero-order valence-corrected chi connectivity index (χ0v) is 26.3. The molecular weight excluding hydrogens is 593 g/mol. The van der Waals surface area contributed by atoms with Crippen molar-refractivity contribution in [1.82, 2.24) is 10.2 Å². The van der Waals surface area contributed by atoms with Gasteiger partial charge in [-0.2, -0.15) is 0 Å². The molecule has 0 radical (unpaired) electrons. The first kappa shape index (κ1) is 31.9. The second-order valence-electron chi connectivity index (χ2n) is 10.8. The highest BCUT2D eigenvalue weighted by atomic mass is 35.5. The molecule has 2 amide bonds. The van der Waals surface area contributed by atoms with Crippen molar-refractivity contribution in [1.29, 1.82) is 0 Å². The second kappa shape index (κ2) is 14.4. The molecule has 3 aromatic rings. The quantitative estimate of drug-likeness (QED) is 0.275. The van der Waals surface area contributed by atoms with Crippen molar-refractivity contribution in [3.8, 4) is 0 Å². The minimum Gasteiger partial charge on any atom is -0.352 e. The first-order valence-corrected chi connectivity index (χ1v) is 16.7. The molecule has 1 aliphatic rings.